The van der Waals surface area contributed by atoms with Gasteiger partial charge >= 0.3 is 0 Å². The van der Waals surface area contributed by atoms with Crippen molar-refractivity contribution in [1.29, 1.82) is 0 Å². The molecule has 2 aromatic rings. The van der Waals surface area contributed by atoms with Gasteiger partial charge in [0.05, 0.1) is 0 Å². The number of anilines is 2. The summed E-state index contributed by atoms with van der Waals surface area (Å²) in [7, 11) is 0. The molecule has 3 rings (SSSR count). The fraction of sp³-hybridized carbons (Fsp3) is 0.333. The van der Waals surface area contributed by atoms with E-state index < -0.39 is 0 Å². The van der Waals surface area contributed by atoms with Gasteiger partial charge in [-0.15, -0.1) is 0 Å². The number of nitrogen functional groups attached to an aromatic ring is 1. The Morgan fingerprint density at radius 2 is 1.86 bits per heavy atom. The van der Waals surface area contributed by atoms with Gasteiger partial charge in [-0.25, -0.2) is 9.97 Å². The summed E-state index contributed by atoms with van der Waals surface area (Å²) in [6, 6.07) is 9.54. The van der Waals surface area contributed by atoms with Gasteiger partial charge in [-0.2, -0.15) is 0 Å². The van der Waals surface area contributed by atoms with Crippen LogP contribution in [0.15, 0.2) is 30.3 Å². The third kappa shape index (κ3) is 3.62. The van der Waals surface area contributed by atoms with Crippen molar-refractivity contribution in [2.75, 3.05) is 24.3 Å². The SMILES string of the molecule is Nc1ccc(-c2nc(Cl)cc(NC3CCOCC3)n2)cc1. The van der Waals surface area contributed by atoms with Crippen LogP contribution in [-0.2, 0) is 4.74 Å². The van der Waals surface area contributed by atoms with Gasteiger partial charge in [0.25, 0.3) is 0 Å². The van der Waals surface area contributed by atoms with Gasteiger partial charge in [-0.3, -0.25) is 0 Å². The van der Waals surface area contributed by atoms with Crippen molar-refractivity contribution in [2.45, 2.75) is 18.9 Å². The number of hydrogen-bond donors (Lipinski definition) is 2. The summed E-state index contributed by atoms with van der Waals surface area (Å²) in [4.78, 5) is 8.81. The van der Waals surface area contributed by atoms with Crippen LogP contribution in [0.3, 0.4) is 0 Å². The molecule has 3 N–H and O–H groups in total. The molecule has 0 saturated carbocycles. The first kappa shape index (κ1) is 14.1. The molecule has 0 atom stereocenters. The lowest BCUT2D eigenvalue weighted by molar-refractivity contribution is 0.0904. The van der Waals surface area contributed by atoms with E-state index in [0.29, 0.717) is 22.7 Å². The Kier molecular flexibility index (Phi) is 4.22. The van der Waals surface area contributed by atoms with Crippen LogP contribution in [0.5, 0.6) is 0 Å². The predicted molar refractivity (Wildman–Crippen MR) is 84.4 cm³/mol. The molecule has 1 aromatic heterocycles. The van der Waals surface area contributed by atoms with E-state index in [2.05, 4.69) is 15.3 Å². The number of nitrogens with zero attached hydrogens (tertiary/aromatic N) is 2. The molecule has 6 heteroatoms. The second-order valence-electron chi connectivity index (χ2n) is 5.05. The van der Waals surface area contributed by atoms with E-state index in [0.717, 1.165) is 37.4 Å². The van der Waals surface area contributed by atoms with Crippen LogP contribution in [0.1, 0.15) is 12.8 Å². The van der Waals surface area contributed by atoms with Crippen LogP contribution < -0.4 is 11.1 Å². The fourth-order valence-electron chi connectivity index (χ4n) is 2.30. The molecule has 5 nitrogen and oxygen atoms in total. The Morgan fingerprint density at radius 3 is 2.57 bits per heavy atom. The molecule has 1 aromatic carbocycles. The molecule has 1 aliphatic heterocycles. The second kappa shape index (κ2) is 6.28. The lowest BCUT2D eigenvalue weighted by Gasteiger charge is -2.23. The molecule has 21 heavy (non-hydrogen) atoms. The van der Waals surface area contributed by atoms with E-state index in [1.807, 2.05) is 24.3 Å². The molecule has 0 amide bonds. The van der Waals surface area contributed by atoms with E-state index in [9.17, 15) is 0 Å². The van der Waals surface area contributed by atoms with Gasteiger partial charge in [0.15, 0.2) is 5.82 Å². The topological polar surface area (TPSA) is 73.1 Å². The number of halogens is 1. The first-order valence-electron chi connectivity index (χ1n) is 6.95. The normalized spacial score (nSPS) is 15.9. The van der Waals surface area contributed by atoms with E-state index >= 15 is 0 Å². The first-order chi connectivity index (χ1) is 10.2. The summed E-state index contributed by atoms with van der Waals surface area (Å²) in [5, 5.41) is 3.83. The number of benzene rings is 1. The molecule has 0 unspecified atom stereocenters. The third-order valence-corrected chi connectivity index (χ3v) is 3.63. The van der Waals surface area contributed by atoms with Gasteiger partial charge in [0.1, 0.15) is 11.0 Å². The van der Waals surface area contributed by atoms with Crippen molar-refractivity contribution < 1.29 is 4.74 Å². The van der Waals surface area contributed by atoms with Crippen LogP contribution in [0.2, 0.25) is 5.15 Å². The Balaban J connectivity index is 1.83. The molecular weight excluding hydrogens is 288 g/mol. The number of hydrogen-bond acceptors (Lipinski definition) is 5. The first-order valence-corrected chi connectivity index (χ1v) is 7.33. The van der Waals surface area contributed by atoms with Crippen molar-refractivity contribution >= 4 is 23.1 Å². The molecule has 1 saturated heterocycles. The molecule has 1 aliphatic rings. The average molecular weight is 305 g/mol. The number of nitrogens with one attached hydrogen (secondary N) is 1. The lowest BCUT2D eigenvalue weighted by Crippen LogP contribution is -2.28. The van der Waals surface area contributed by atoms with Crippen LogP contribution in [0.4, 0.5) is 11.5 Å². The Morgan fingerprint density at radius 1 is 1.14 bits per heavy atom. The summed E-state index contributed by atoms with van der Waals surface area (Å²) in [6.45, 7) is 1.56. The van der Waals surface area contributed by atoms with E-state index in [1.54, 1.807) is 6.07 Å². The number of aromatic nitrogens is 2. The maximum Gasteiger partial charge on any atom is 0.163 e. The van der Waals surface area contributed by atoms with Crippen LogP contribution >= 0.6 is 11.6 Å². The molecule has 0 spiro atoms. The number of nitrogens with two attached hydrogens (primary N) is 1. The smallest absolute Gasteiger partial charge is 0.163 e. The standard InChI is InChI=1S/C15H17ClN4O/c16-13-9-14(18-12-5-7-21-8-6-12)20-15(19-13)10-1-3-11(17)4-2-10/h1-4,9,12H,5-8,17H2,(H,18,19,20). The predicted octanol–water partition coefficient (Wildman–Crippen LogP) is 2.97. The summed E-state index contributed by atoms with van der Waals surface area (Å²) >= 11 is 6.11. The number of rotatable bonds is 3. The highest BCUT2D eigenvalue weighted by atomic mass is 35.5. The summed E-state index contributed by atoms with van der Waals surface area (Å²) in [5.41, 5.74) is 7.30. The highest BCUT2D eigenvalue weighted by Gasteiger charge is 2.15. The minimum Gasteiger partial charge on any atom is -0.399 e. The molecular formula is C15H17ClN4O. The van der Waals surface area contributed by atoms with Crippen LogP contribution in [0.25, 0.3) is 11.4 Å². The molecule has 0 radical (unpaired) electrons. The minimum absolute atomic E-state index is 0.365. The Bertz CT molecular complexity index is 612. The molecule has 110 valence electrons. The van der Waals surface area contributed by atoms with Crippen molar-refractivity contribution in [2.24, 2.45) is 0 Å². The van der Waals surface area contributed by atoms with Crippen LogP contribution in [0, 0.1) is 0 Å². The van der Waals surface area contributed by atoms with Crippen molar-refractivity contribution in [3.8, 4) is 11.4 Å². The average Bonchev–Trinajstić information content (AvgIpc) is 2.48. The van der Waals surface area contributed by atoms with Crippen LogP contribution in [-0.4, -0.2) is 29.2 Å². The van der Waals surface area contributed by atoms with E-state index in [1.165, 1.54) is 0 Å². The maximum absolute atomic E-state index is 6.11. The zero-order chi connectivity index (χ0) is 14.7. The second-order valence-corrected chi connectivity index (χ2v) is 5.44. The Hall–Kier alpha value is -1.85. The number of ether oxygens (including phenoxy) is 1. The maximum atomic E-state index is 6.11. The quantitative estimate of drug-likeness (QED) is 0.673. The van der Waals surface area contributed by atoms with Gasteiger partial charge in [-0.1, -0.05) is 11.6 Å². The zero-order valence-corrected chi connectivity index (χ0v) is 12.3. The molecule has 2 heterocycles. The third-order valence-electron chi connectivity index (χ3n) is 3.44. The highest BCUT2D eigenvalue weighted by molar-refractivity contribution is 6.29. The van der Waals surface area contributed by atoms with Crippen molar-refractivity contribution in [3.63, 3.8) is 0 Å². The lowest BCUT2D eigenvalue weighted by atomic mass is 10.1. The Labute approximate surface area is 128 Å². The van der Waals surface area contributed by atoms with E-state index in [4.69, 9.17) is 22.1 Å². The zero-order valence-electron chi connectivity index (χ0n) is 11.6. The van der Waals surface area contributed by atoms with Gasteiger partial charge < -0.3 is 15.8 Å². The fourth-order valence-corrected chi connectivity index (χ4v) is 2.49. The summed E-state index contributed by atoms with van der Waals surface area (Å²) < 4.78 is 5.35. The van der Waals surface area contributed by atoms with Crippen molar-refractivity contribution in [3.05, 3.63) is 35.5 Å². The molecule has 0 aliphatic carbocycles. The van der Waals surface area contributed by atoms with Gasteiger partial charge in [0.2, 0.25) is 0 Å². The van der Waals surface area contributed by atoms with Gasteiger partial charge in [-0.05, 0) is 37.1 Å². The minimum atomic E-state index is 0.365. The molecule has 1 fully saturated rings. The molecule has 0 bridgehead atoms. The highest BCUT2D eigenvalue weighted by Crippen LogP contribution is 2.22. The van der Waals surface area contributed by atoms with Crippen molar-refractivity contribution in [1.82, 2.24) is 9.97 Å². The van der Waals surface area contributed by atoms with Gasteiger partial charge in [0, 0.05) is 36.6 Å². The monoisotopic (exact) mass is 304 g/mol. The summed E-state index contributed by atoms with van der Waals surface area (Å²) in [6.07, 6.45) is 1.94. The largest absolute Gasteiger partial charge is 0.399 e. The van der Waals surface area contributed by atoms with E-state index in [-0.39, 0.29) is 0 Å². The summed E-state index contributed by atoms with van der Waals surface area (Å²) in [5.74, 6) is 1.34.